The molecule has 1 aromatic carbocycles. The van der Waals surface area contributed by atoms with Crippen LogP contribution in [0.5, 0.6) is 5.75 Å². The van der Waals surface area contributed by atoms with Crippen LogP contribution in [0.1, 0.15) is 25.5 Å². The molecule has 1 saturated heterocycles. The van der Waals surface area contributed by atoms with Crippen molar-refractivity contribution in [2.45, 2.75) is 19.9 Å². The zero-order valence-corrected chi connectivity index (χ0v) is 14.4. The Morgan fingerprint density at radius 3 is 3.04 bits per heavy atom. The third-order valence-corrected chi connectivity index (χ3v) is 4.92. The molecule has 0 aromatic heterocycles. The molecule has 0 spiro atoms. The van der Waals surface area contributed by atoms with Crippen molar-refractivity contribution in [3.05, 3.63) is 41.1 Å². The maximum atomic E-state index is 12.5. The number of carbonyl (C=O) groups excluding carboxylic acids is 1. The van der Waals surface area contributed by atoms with Crippen LogP contribution >= 0.6 is 11.8 Å². The van der Waals surface area contributed by atoms with E-state index in [0.717, 1.165) is 34.5 Å². The molecule has 0 saturated carbocycles. The number of methoxy groups -OCH3 is 1. The van der Waals surface area contributed by atoms with Gasteiger partial charge in [-0.1, -0.05) is 23.9 Å². The van der Waals surface area contributed by atoms with Crippen molar-refractivity contribution in [1.29, 1.82) is 0 Å². The standard InChI is InChI=1S/C17H20N2O3S/c1-4-22-16(20)14-11(2)18-17-19(8-9-23-17)15(14)12-6-5-7-13(10-12)21-3/h5-7,10,15H,4,8-9H2,1-3H3. The van der Waals surface area contributed by atoms with Crippen molar-refractivity contribution in [2.24, 2.45) is 4.99 Å². The largest absolute Gasteiger partial charge is 0.497 e. The second kappa shape index (κ2) is 6.66. The number of hydrogen-bond acceptors (Lipinski definition) is 6. The lowest BCUT2D eigenvalue weighted by Gasteiger charge is -2.34. The Hall–Kier alpha value is -1.95. The molecule has 2 aliphatic rings. The van der Waals surface area contributed by atoms with Gasteiger partial charge in [0, 0.05) is 12.3 Å². The van der Waals surface area contributed by atoms with E-state index < -0.39 is 0 Å². The summed E-state index contributed by atoms with van der Waals surface area (Å²) in [5.41, 5.74) is 2.37. The van der Waals surface area contributed by atoms with Crippen molar-refractivity contribution in [3.8, 4) is 5.75 Å². The van der Waals surface area contributed by atoms with Gasteiger partial charge in [-0.05, 0) is 31.5 Å². The van der Waals surface area contributed by atoms with Crippen molar-refractivity contribution in [3.63, 3.8) is 0 Å². The molecule has 2 aliphatic heterocycles. The van der Waals surface area contributed by atoms with Gasteiger partial charge in [0.25, 0.3) is 0 Å². The van der Waals surface area contributed by atoms with Gasteiger partial charge >= 0.3 is 5.97 Å². The Kier molecular flexibility index (Phi) is 4.61. The van der Waals surface area contributed by atoms with E-state index in [1.165, 1.54) is 0 Å². The molecule has 3 rings (SSSR count). The van der Waals surface area contributed by atoms with Crippen LogP contribution in [0.25, 0.3) is 0 Å². The van der Waals surface area contributed by atoms with E-state index in [-0.39, 0.29) is 12.0 Å². The summed E-state index contributed by atoms with van der Waals surface area (Å²) in [7, 11) is 1.64. The zero-order valence-electron chi connectivity index (χ0n) is 13.5. The lowest BCUT2D eigenvalue weighted by atomic mass is 9.94. The van der Waals surface area contributed by atoms with E-state index in [1.807, 2.05) is 38.1 Å². The van der Waals surface area contributed by atoms with Crippen LogP contribution in [0.4, 0.5) is 0 Å². The fourth-order valence-electron chi connectivity index (χ4n) is 2.93. The Labute approximate surface area is 140 Å². The van der Waals surface area contributed by atoms with Crippen molar-refractivity contribution < 1.29 is 14.3 Å². The van der Waals surface area contributed by atoms with Gasteiger partial charge in [0.2, 0.25) is 0 Å². The number of nitrogens with zero attached hydrogens (tertiary/aromatic N) is 2. The molecule has 1 aromatic rings. The molecular formula is C17H20N2O3S. The highest BCUT2D eigenvalue weighted by molar-refractivity contribution is 8.14. The molecule has 1 unspecified atom stereocenters. The third kappa shape index (κ3) is 2.95. The highest BCUT2D eigenvalue weighted by Gasteiger charge is 2.38. The Morgan fingerprint density at radius 2 is 2.30 bits per heavy atom. The number of fused-ring (bicyclic) bond motifs is 1. The van der Waals surface area contributed by atoms with E-state index >= 15 is 0 Å². The van der Waals surface area contributed by atoms with Gasteiger partial charge in [0.1, 0.15) is 5.75 Å². The summed E-state index contributed by atoms with van der Waals surface area (Å²) >= 11 is 1.72. The van der Waals surface area contributed by atoms with Crippen LogP contribution in [0.15, 0.2) is 40.5 Å². The molecule has 0 bridgehead atoms. The van der Waals surface area contributed by atoms with Crippen LogP contribution in [-0.4, -0.2) is 42.1 Å². The van der Waals surface area contributed by atoms with Gasteiger partial charge in [-0.3, -0.25) is 0 Å². The van der Waals surface area contributed by atoms with Gasteiger partial charge in [-0.2, -0.15) is 0 Å². The first kappa shape index (κ1) is 15.9. The van der Waals surface area contributed by atoms with E-state index in [9.17, 15) is 4.79 Å². The number of allylic oxidation sites excluding steroid dienone is 1. The van der Waals surface area contributed by atoms with Gasteiger partial charge in [-0.15, -0.1) is 0 Å². The maximum absolute atomic E-state index is 12.5. The number of aliphatic imine (C=N–C) groups is 1. The lowest BCUT2D eigenvalue weighted by Crippen LogP contribution is -2.36. The van der Waals surface area contributed by atoms with Crippen LogP contribution < -0.4 is 4.74 Å². The first-order chi connectivity index (χ1) is 11.2. The second-order valence-electron chi connectivity index (χ2n) is 5.33. The summed E-state index contributed by atoms with van der Waals surface area (Å²) < 4.78 is 10.6. The average molecular weight is 332 g/mol. The average Bonchev–Trinajstić information content (AvgIpc) is 3.01. The monoisotopic (exact) mass is 332 g/mol. The van der Waals surface area contributed by atoms with E-state index in [2.05, 4.69) is 9.89 Å². The summed E-state index contributed by atoms with van der Waals surface area (Å²) in [6.07, 6.45) is 0. The predicted octanol–water partition coefficient (Wildman–Crippen LogP) is 2.99. The first-order valence-electron chi connectivity index (χ1n) is 7.65. The molecular weight excluding hydrogens is 312 g/mol. The highest BCUT2D eigenvalue weighted by Crippen LogP contribution is 2.41. The minimum atomic E-state index is -0.294. The normalized spacial score (nSPS) is 20.2. The van der Waals surface area contributed by atoms with Gasteiger partial charge < -0.3 is 14.4 Å². The fraction of sp³-hybridized carbons (Fsp3) is 0.412. The fourth-order valence-corrected chi connectivity index (χ4v) is 3.97. The molecule has 23 heavy (non-hydrogen) atoms. The van der Waals surface area contributed by atoms with Crippen molar-refractivity contribution >= 4 is 22.9 Å². The number of amidine groups is 1. The molecule has 0 radical (unpaired) electrons. The Morgan fingerprint density at radius 1 is 1.48 bits per heavy atom. The maximum Gasteiger partial charge on any atom is 0.338 e. The second-order valence-corrected chi connectivity index (χ2v) is 6.40. The molecule has 0 N–H and O–H groups in total. The van der Waals surface area contributed by atoms with Gasteiger partial charge in [-0.25, -0.2) is 9.79 Å². The van der Waals surface area contributed by atoms with E-state index in [1.54, 1.807) is 18.9 Å². The van der Waals surface area contributed by atoms with Crippen LogP contribution in [0.3, 0.4) is 0 Å². The molecule has 122 valence electrons. The number of carbonyl (C=O) groups is 1. The first-order valence-corrected chi connectivity index (χ1v) is 8.64. The summed E-state index contributed by atoms with van der Waals surface area (Å²) in [6, 6.07) is 7.67. The minimum Gasteiger partial charge on any atom is -0.497 e. The third-order valence-electron chi connectivity index (χ3n) is 3.95. The number of rotatable bonds is 4. The number of esters is 1. The molecule has 6 heteroatoms. The number of hydrogen-bond donors (Lipinski definition) is 0. The summed E-state index contributed by atoms with van der Waals surface area (Å²) in [5, 5.41) is 0.975. The number of thioether (sulfide) groups is 1. The van der Waals surface area contributed by atoms with E-state index in [0.29, 0.717) is 12.2 Å². The van der Waals surface area contributed by atoms with Crippen LogP contribution in [0.2, 0.25) is 0 Å². The molecule has 1 atom stereocenters. The van der Waals surface area contributed by atoms with Crippen LogP contribution in [-0.2, 0) is 9.53 Å². The Balaban J connectivity index is 2.08. The molecule has 1 fully saturated rings. The van der Waals surface area contributed by atoms with Gasteiger partial charge in [0.15, 0.2) is 5.17 Å². The van der Waals surface area contributed by atoms with E-state index in [4.69, 9.17) is 9.47 Å². The molecule has 0 aliphatic carbocycles. The lowest BCUT2D eigenvalue weighted by molar-refractivity contribution is -0.139. The number of benzene rings is 1. The zero-order chi connectivity index (χ0) is 16.4. The van der Waals surface area contributed by atoms with Crippen LogP contribution in [0, 0.1) is 0 Å². The summed E-state index contributed by atoms with van der Waals surface area (Å²) in [5.74, 6) is 1.46. The summed E-state index contributed by atoms with van der Waals surface area (Å²) in [4.78, 5) is 19.3. The highest BCUT2D eigenvalue weighted by atomic mass is 32.2. The quantitative estimate of drug-likeness (QED) is 0.794. The van der Waals surface area contributed by atoms with Gasteiger partial charge in [0.05, 0.1) is 31.0 Å². The Bertz CT molecular complexity index is 684. The smallest absolute Gasteiger partial charge is 0.338 e. The predicted molar refractivity (Wildman–Crippen MR) is 91.7 cm³/mol. The number of ether oxygens (including phenoxy) is 2. The topological polar surface area (TPSA) is 51.1 Å². The summed E-state index contributed by atoms with van der Waals surface area (Å²) in [6.45, 7) is 4.91. The molecule has 5 nitrogen and oxygen atoms in total. The SMILES string of the molecule is CCOC(=O)C1=C(C)N=C2SCCN2C1c1cccc(OC)c1. The molecule has 2 heterocycles. The minimum absolute atomic E-state index is 0.174. The van der Waals surface area contributed by atoms with Crippen molar-refractivity contribution in [1.82, 2.24) is 4.90 Å². The molecule has 0 amide bonds. The van der Waals surface area contributed by atoms with Crippen molar-refractivity contribution in [2.75, 3.05) is 26.0 Å².